The second-order valence-electron chi connectivity index (χ2n) is 20.6. The average Bonchev–Trinajstić information content (AvgIpc) is 3.99. The lowest BCUT2D eigenvalue weighted by atomic mass is 9.70. The van der Waals surface area contributed by atoms with Crippen LogP contribution >= 0.6 is 23.1 Å². The van der Waals surface area contributed by atoms with E-state index in [1.54, 1.807) is 13.3 Å². The van der Waals surface area contributed by atoms with E-state index in [-0.39, 0.29) is 29.6 Å². The van der Waals surface area contributed by atoms with Gasteiger partial charge in [0, 0.05) is 117 Å². The number of pyridine rings is 1. The Balaban J connectivity index is 0.703. The van der Waals surface area contributed by atoms with Crippen LogP contribution in [0.3, 0.4) is 0 Å². The highest BCUT2D eigenvalue weighted by molar-refractivity contribution is 9.10. The summed E-state index contributed by atoms with van der Waals surface area (Å²) in [4.78, 5) is 60.1. The highest BCUT2D eigenvalue weighted by atomic mass is 79.9. The lowest BCUT2D eigenvalue weighted by molar-refractivity contribution is -0.141. The average molecular weight is 1070 g/mol. The minimum atomic E-state index is -2.65. The number of halogens is 1. The van der Waals surface area contributed by atoms with E-state index >= 15 is 0 Å². The Morgan fingerprint density at radius 2 is 1.67 bits per heavy atom. The number of piperazine rings is 1. The van der Waals surface area contributed by atoms with E-state index in [1.165, 1.54) is 16.8 Å². The van der Waals surface area contributed by atoms with E-state index in [2.05, 4.69) is 89.7 Å². The van der Waals surface area contributed by atoms with Crippen LogP contribution in [0.15, 0.2) is 65.3 Å². The number of nitrogens with one attached hydrogen (secondary N) is 3. The number of rotatable bonds is 13. The van der Waals surface area contributed by atoms with E-state index in [0.717, 1.165) is 141 Å². The number of carbonyl (C=O) groups excluding carboxylic acids is 3. The van der Waals surface area contributed by atoms with Crippen molar-refractivity contribution in [2.24, 2.45) is 13.0 Å². The molecule has 6 aromatic rings. The smallest absolute Gasteiger partial charge is 0.235 e. The second kappa shape index (κ2) is 20.4. The van der Waals surface area contributed by atoms with Crippen molar-refractivity contribution in [2.45, 2.75) is 95.9 Å². The van der Waals surface area contributed by atoms with Gasteiger partial charge in [-0.3, -0.25) is 34.3 Å². The van der Waals surface area contributed by atoms with Gasteiger partial charge in [0.2, 0.25) is 23.7 Å². The van der Waals surface area contributed by atoms with Gasteiger partial charge in [0.05, 0.1) is 45.6 Å². The summed E-state index contributed by atoms with van der Waals surface area (Å²) >= 11 is 3.68. The molecule has 3 N–H and O–H groups in total. The van der Waals surface area contributed by atoms with Gasteiger partial charge in [-0.05, 0) is 115 Å². The molecule has 73 heavy (non-hydrogen) atoms. The molecule has 18 heteroatoms. The third-order valence-electron chi connectivity index (χ3n) is 16.4. The summed E-state index contributed by atoms with van der Waals surface area (Å²) in [6, 6.07) is 19.1. The van der Waals surface area contributed by atoms with Gasteiger partial charge in [0.1, 0.15) is 18.7 Å². The molecule has 382 valence electrons. The molecule has 4 saturated heterocycles. The Morgan fingerprint density at radius 3 is 2.40 bits per heavy atom. The highest BCUT2D eigenvalue weighted by Gasteiger charge is 2.41. The van der Waals surface area contributed by atoms with Crippen molar-refractivity contribution in [2.75, 3.05) is 74.2 Å². The zero-order chi connectivity index (χ0) is 50.5. The van der Waals surface area contributed by atoms with Crippen LogP contribution in [0.1, 0.15) is 99.6 Å². The number of fused-ring (bicyclic) bond motifs is 2. The molecule has 0 spiro atoms. The van der Waals surface area contributed by atoms with Crippen molar-refractivity contribution in [1.29, 1.82) is 0 Å². The van der Waals surface area contributed by atoms with Crippen LogP contribution < -0.4 is 30.9 Å². The summed E-state index contributed by atoms with van der Waals surface area (Å²) in [6.45, 7) is 9.41. The summed E-state index contributed by atoms with van der Waals surface area (Å²) in [5, 5.41) is 17.0. The van der Waals surface area contributed by atoms with E-state index < -0.39 is 13.1 Å². The van der Waals surface area contributed by atoms with E-state index in [9.17, 15) is 18.9 Å². The van der Waals surface area contributed by atoms with Crippen LogP contribution in [0, 0.1) is 5.92 Å². The number of aryl methyl sites for hydroxylation is 3. The number of benzene rings is 3. The van der Waals surface area contributed by atoms with Crippen LogP contribution in [0.2, 0.25) is 0 Å². The SMILES string of the molecule is CCc1ccc2c(P3(=O)CCCC3)c(Nc3nc(Nc4cc(CC)c(N5CCC(N6CCN(C(=O)C7CC(c8cccc9c(C%10CCC(=O)NC%10=O)nn(C)c89)C7)CC6)CC5)cc4OC)ncc3Br)ccc2n1. The monoisotopic (exact) mass is 1070 g/mol. The number of carbonyl (C=O) groups is 3. The number of para-hydroxylation sites is 1. The third kappa shape index (κ3) is 9.50. The first kappa shape index (κ1) is 49.3. The topological polar surface area (TPSA) is 180 Å². The molecule has 0 radical (unpaired) electrons. The largest absolute Gasteiger partial charge is 0.494 e. The molecule has 11 rings (SSSR count). The maximum absolute atomic E-state index is 14.6. The van der Waals surface area contributed by atoms with E-state index in [4.69, 9.17) is 19.8 Å². The molecule has 0 bridgehead atoms. The first-order valence-electron chi connectivity index (χ1n) is 26.3. The van der Waals surface area contributed by atoms with Crippen LogP contribution in [0.4, 0.5) is 28.8 Å². The maximum atomic E-state index is 14.6. The number of anilines is 5. The molecule has 1 atom stereocenters. The molecular formula is C55H65BrN11O5P. The fourth-order valence-electron chi connectivity index (χ4n) is 12.3. The van der Waals surface area contributed by atoms with Gasteiger partial charge in [-0.15, -0.1) is 0 Å². The zero-order valence-corrected chi connectivity index (χ0v) is 44.7. The second-order valence-corrected chi connectivity index (χ2v) is 24.6. The van der Waals surface area contributed by atoms with Crippen molar-refractivity contribution in [3.05, 3.63) is 87.8 Å². The van der Waals surface area contributed by atoms with Crippen LogP contribution in [-0.2, 0) is 38.8 Å². The number of piperidine rings is 2. The van der Waals surface area contributed by atoms with Crippen LogP contribution in [0.5, 0.6) is 5.75 Å². The first-order chi connectivity index (χ1) is 35.4. The van der Waals surface area contributed by atoms with Crippen molar-refractivity contribution < 1.29 is 23.7 Å². The van der Waals surface area contributed by atoms with Gasteiger partial charge in [0.15, 0.2) is 0 Å². The molecule has 3 aromatic carbocycles. The number of ether oxygens (including phenoxy) is 1. The number of aromatic nitrogens is 5. The quantitative estimate of drug-likeness (QED) is 0.0738. The number of methoxy groups -OCH3 is 1. The van der Waals surface area contributed by atoms with E-state index in [0.29, 0.717) is 53.2 Å². The fourth-order valence-corrected chi connectivity index (χ4v) is 15.9. The van der Waals surface area contributed by atoms with Crippen molar-refractivity contribution in [1.82, 2.24) is 39.8 Å². The summed E-state index contributed by atoms with van der Waals surface area (Å²) in [5.74, 6) is 1.27. The minimum Gasteiger partial charge on any atom is -0.494 e. The Bertz CT molecular complexity index is 3170. The highest BCUT2D eigenvalue weighted by Crippen LogP contribution is 2.54. The van der Waals surface area contributed by atoms with Crippen molar-refractivity contribution in [3.8, 4) is 5.75 Å². The van der Waals surface area contributed by atoms with Gasteiger partial charge >= 0.3 is 0 Å². The molecule has 5 fully saturated rings. The van der Waals surface area contributed by atoms with Crippen molar-refractivity contribution >= 4 is 96.7 Å². The van der Waals surface area contributed by atoms with Gasteiger partial charge in [0.25, 0.3) is 0 Å². The van der Waals surface area contributed by atoms with E-state index in [1.807, 2.05) is 42.1 Å². The van der Waals surface area contributed by atoms with Crippen molar-refractivity contribution in [3.63, 3.8) is 0 Å². The summed E-state index contributed by atoms with van der Waals surface area (Å²) in [7, 11) is 0.965. The Hall–Kier alpha value is -5.90. The molecule has 1 saturated carbocycles. The number of imide groups is 1. The molecule has 16 nitrogen and oxygen atoms in total. The number of nitrogens with zero attached hydrogens (tertiary/aromatic N) is 8. The number of hydrogen-bond donors (Lipinski definition) is 3. The third-order valence-corrected chi connectivity index (χ3v) is 20.3. The molecular weight excluding hydrogens is 1010 g/mol. The summed E-state index contributed by atoms with van der Waals surface area (Å²) < 4.78 is 23.1. The van der Waals surface area contributed by atoms with Gasteiger partial charge in [-0.25, -0.2) is 4.98 Å². The lowest BCUT2D eigenvalue weighted by Crippen LogP contribution is -2.55. The summed E-state index contributed by atoms with van der Waals surface area (Å²) in [5.41, 5.74) is 8.75. The molecule has 3 amide bonds. The molecule has 1 unspecified atom stereocenters. The molecule has 4 aliphatic heterocycles. The van der Waals surface area contributed by atoms with Gasteiger partial charge in [-0.2, -0.15) is 10.1 Å². The van der Waals surface area contributed by atoms with Gasteiger partial charge in [-0.1, -0.05) is 38.1 Å². The maximum Gasteiger partial charge on any atom is 0.235 e. The molecule has 3 aromatic heterocycles. The first-order valence-corrected chi connectivity index (χ1v) is 29.1. The Labute approximate surface area is 434 Å². The standard InChI is InChI=1S/C55H65BrN11O5P/c1-5-33-30-45(60-55-57-32-42(56)52(62-55)59-44-16-15-43-39(13-12-36(6-2)58-43)51(44)73(71)26-7-8-27-73)47(72-4)31-46(33)66-20-18-37(19-21-66)65-22-24-67(25-23-65)54(70)35-28-34(29-35)38-10-9-11-40-49(63-64(3)50(38)40)41-14-17-48(68)61-53(41)69/h9-13,15-16,30-32,34-35,37,41H,5-8,14,17-29H2,1-4H3,(H,61,68,69)(H2,57,59,60,62). The Kier molecular flexibility index (Phi) is 13.8. The summed E-state index contributed by atoms with van der Waals surface area (Å²) in [6.07, 6.45) is 11.2. The minimum absolute atomic E-state index is 0.0127. The lowest BCUT2D eigenvalue weighted by Gasteiger charge is -2.45. The van der Waals surface area contributed by atoms with Gasteiger partial charge < -0.3 is 29.7 Å². The normalized spacial score (nSPS) is 21.6. The number of amides is 3. The molecule has 7 heterocycles. The molecule has 5 aliphatic rings. The predicted octanol–water partition coefficient (Wildman–Crippen LogP) is 8.90. The van der Waals surface area contributed by atoms with Crippen LogP contribution in [0.25, 0.3) is 21.8 Å². The van der Waals surface area contributed by atoms with Crippen LogP contribution in [-0.4, -0.2) is 117 Å². The Morgan fingerprint density at radius 1 is 0.890 bits per heavy atom. The number of hydrogen-bond acceptors (Lipinski definition) is 13. The fraction of sp³-hybridized carbons (Fsp3) is 0.473. The zero-order valence-electron chi connectivity index (χ0n) is 42.3. The predicted molar refractivity (Wildman–Crippen MR) is 291 cm³/mol. The molecule has 1 aliphatic carbocycles.